The first-order valence-corrected chi connectivity index (χ1v) is 11.0. The highest BCUT2D eigenvalue weighted by atomic mass is 32.2. The molecule has 0 spiro atoms. The smallest absolute Gasteiger partial charge is 0.234 e. The number of anilines is 1. The van der Waals surface area contributed by atoms with Gasteiger partial charge in [-0.25, -0.2) is 0 Å². The van der Waals surface area contributed by atoms with Gasteiger partial charge in [0, 0.05) is 5.69 Å². The van der Waals surface area contributed by atoms with Crippen LogP contribution in [0.2, 0.25) is 0 Å². The van der Waals surface area contributed by atoms with Crippen molar-refractivity contribution >= 4 is 49.9 Å². The lowest BCUT2D eigenvalue weighted by Crippen LogP contribution is -2.14. The quantitative estimate of drug-likeness (QED) is 0.361. The Hall–Kier alpha value is -3.36. The number of carbonyl (C=O) groups excluding carboxylic acids is 1. The highest BCUT2D eigenvalue weighted by molar-refractivity contribution is 7.99. The molecule has 1 amide bonds. The molecular formula is C22H16N4O2S2. The van der Waals surface area contributed by atoms with E-state index < -0.39 is 0 Å². The molecule has 5 rings (SSSR count). The van der Waals surface area contributed by atoms with Gasteiger partial charge in [-0.2, -0.15) is 0 Å². The van der Waals surface area contributed by atoms with Gasteiger partial charge in [0.2, 0.25) is 10.9 Å². The second-order valence-electron chi connectivity index (χ2n) is 6.45. The lowest BCUT2D eigenvalue weighted by Gasteiger charge is -2.08. The number of rotatable bonds is 6. The SMILES string of the molecule is O=C(CSc1nnc2sc3ccccc3n12)Nc1ccc(Oc2ccccc2)cc1. The molecule has 1 N–H and O–H groups in total. The van der Waals surface area contributed by atoms with Crippen LogP contribution in [0.15, 0.2) is 84.0 Å². The van der Waals surface area contributed by atoms with Crippen LogP contribution in [-0.4, -0.2) is 26.3 Å². The Kier molecular flexibility index (Phi) is 5.08. The Morgan fingerprint density at radius 3 is 2.50 bits per heavy atom. The fourth-order valence-electron chi connectivity index (χ4n) is 3.01. The summed E-state index contributed by atoms with van der Waals surface area (Å²) in [5.74, 6) is 1.62. The number of thiazole rings is 1. The molecular weight excluding hydrogens is 416 g/mol. The van der Waals surface area contributed by atoms with Gasteiger partial charge in [0.25, 0.3) is 0 Å². The number of hydrogen-bond donors (Lipinski definition) is 1. The Labute approximate surface area is 180 Å². The van der Waals surface area contributed by atoms with Crippen molar-refractivity contribution in [3.63, 3.8) is 0 Å². The summed E-state index contributed by atoms with van der Waals surface area (Å²) < 4.78 is 8.91. The fraction of sp³-hybridized carbons (Fsp3) is 0.0455. The van der Waals surface area contributed by atoms with Crippen molar-refractivity contribution in [1.82, 2.24) is 14.6 Å². The summed E-state index contributed by atoms with van der Waals surface area (Å²) in [5, 5.41) is 12.1. The third kappa shape index (κ3) is 3.87. The minimum Gasteiger partial charge on any atom is -0.457 e. The molecule has 2 heterocycles. The molecule has 0 aliphatic heterocycles. The molecule has 8 heteroatoms. The highest BCUT2D eigenvalue weighted by Gasteiger charge is 2.14. The molecule has 30 heavy (non-hydrogen) atoms. The van der Waals surface area contributed by atoms with Crippen molar-refractivity contribution in [1.29, 1.82) is 0 Å². The van der Waals surface area contributed by atoms with Crippen LogP contribution in [0.1, 0.15) is 0 Å². The minimum absolute atomic E-state index is 0.104. The number of thioether (sulfide) groups is 1. The van der Waals surface area contributed by atoms with Crippen LogP contribution in [0, 0.1) is 0 Å². The molecule has 0 radical (unpaired) electrons. The van der Waals surface area contributed by atoms with E-state index >= 15 is 0 Å². The van der Waals surface area contributed by atoms with E-state index in [2.05, 4.69) is 21.6 Å². The molecule has 2 aromatic heterocycles. The first kappa shape index (κ1) is 18.7. The van der Waals surface area contributed by atoms with E-state index in [4.69, 9.17) is 4.74 Å². The van der Waals surface area contributed by atoms with E-state index in [9.17, 15) is 4.79 Å². The van der Waals surface area contributed by atoms with Crippen LogP contribution < -0.4 is 10.1 Å². The third-order valence-electron chi connectivity index (χ3n) is 4.36. The zero-order chi connectivity index (χ0) is 20.3. The van der Waals surface area contributed by atoms with Gasteiger partial charge < -0.3 is 10.1 Å². The van der Waals surface area contributed by atoms with Crippen LogP contribution in [0.25, 0.3) is 15.2 Å². The van der Waals surface area contributed by atoms with Gasteiger partial charge in [0.1, 0.15) is 11.5 Å². The molecule has 0 bridgehead atoms. The molecule has 0 fully saturated rings. The van der Waals surface area contributed by atoms with Gasteiger partial charge in [-0.3, -0.25) is 9.20 Å². The normalized spacial score (nSPS) is 11.1. The average molecular weight is 433 g/mol. The van der Waals surface area contributed by atoms with E-state index in [1.54, 1.807) is 11.3 Å². The minimum atomic E-state index is -0.104. The van der Waals surface area contributed by atoms with Gasteiger partial charge in [0.15, 0.2) is 5.16 Å². The number of nitrogens with one attached hydrogen (secondary N) is 1. The monoisotopic (exact) mass is 432 g/mol. The second-order valence-corrected chi connectivity index (χ2v) is 8.40. The predicted octanol–water partition coefficient (Wildman–Crippen LogP) is 5.47. The molecule has 0 aliphatic carbocycles. The molecule has 0 unspecified atom stereocenters. The number of aromatic nitrogens is 3. The molecule has 3 aromatic carbocycles. The van der Waals surface area contributed by atoms with Crippen molar-refractivity contribution in [2.75, 3.05) is 11.1 Å². The summed E-state index contributed by atoms with van der Waals surface area (Å²) in [5.41, 5.74) is 1.77. The molecule has 6 nitrogen and oxygen atoms in total. The molecule has 0 aliphatic rings. The second kappa shape index (κ2) is 8.17. The summed E-state index contributed by atoms with van der Waals surface area (Å²) >= 11 is 2.95. The van der Waals surface area contributed by atoms with Gasteiger partial charge >= 0.3 is 0 Å². The maximum absolute atomic E-state index is 12.4. The van der Waals surface area contributed by atoms with Crippen molar-refractivity contribution in [2.45, 2.75) is 5.16 Å². The summed E-state index contributed by atoms with van der Waals surface area (Å²) in [7, 11) is 0. The van der Waals surface area contributed by atoms with E-state index in [-0.39, 0.29) is 11.7 Å². The van der Waals surface area contributed by atoms with Crippen LogP contribution in [0.4, 0.5) is 5.69 Å². The number of benzene rings is 3. The highest BCUT2D eigenvalue weighted by Crippen LogP contribution is 2.29. The Morgan fingerprint density at radius 1 is 0.933 bits per heavy atom. The number of carbonyl (C=O) groups is 1. The average Bonchev–Trinajstić information content (AvgIpc) is 3.34. The fourth-order valence-corrected chi connectivity index (χ4v) is 4.77. The maximum Gasteiger partial charge on any atom is 0.234 e. The Balaban J connectivity index is 1.22. The molecule has 148 valence electrons. The molecule has 0 saturated heterocycles. The maximum atomic E-state index is 12.4. The van der Waals surface area contributed by atoms with Crippen molar-refractivity contribution in [2.24, 2.45) is 0 Å². The van der Waals surface area contributed by atoms with Crippen molar-refractivity contribution in [3.8, 4) is 11.5 Å². The summed E-state index contributed by atoms with van der Waals surface area (Å²) in [4.78, 5) is 13.2. The van der Waals surface area contributed by atoms with E-state index in [0.29, 0.717) is 16.6 Å². The topological polar surface area (TPSA) is 68.5 Å². The zero-order valence-electron chi connectivity index (χ0n) is 15.7. The number of fused-ring (bicyclic) bond motifs is 3. The molecule has 0 atom stereocenters. The molecule has 0 saturated carbocycles. The third-order valence-corrected chi connectivity index (χ3v) is 6.30. The summed E-state index contributed by atoms with van der Waals surface area (Å²) in [6, 6.07) is 24.9. The summed E-state index contributed by atoms with van der Waals surface area (Å²) in [6.45, 7) is 0. The Morgan fingerprint density at radius 2 is 1.67 bits per heavy atom. The van der Waals surface area contributed by atoms with Gasteiger partial charge in [-0.15, -0.1) is 10.2 Å². The zero-order valence-corrected chi connectivity index (χ0v) is 17.3. The number of ether oxygens (including phenoxy) is 1. The van der Waals surface area contributed by atoms with Gasteiger partial charge in [-0.1, -0.05) is 53.4 Å². The van der Waals surface area contributed by atoms with E-state index in [0.717, 1.165) is 20.9 Å². The predicted molar refractivity (Wildman–Crippen MR) is 121 cm³/mol. The Bertz CT molecular complexity index is 1310. The van der Waals surface area contributed by atoms with E-state index in [1.165, 1.54) is 11.8 Å². The number of nitrogens with zero attached hydrogens (tertiary/aromatic N) is 3. The van der Waals surface area contributed by atoms with Crippen LogP contribution in [-0.2, 0) is 4.79 Å². The summed E-state index contributed by atoms with van der Waals surface area (Å²) in [6.07, 6.45) is 0. The number of para-hydroxylation sites is 2. The van der Waals surface area contributed by atoms with Crippen molar-refractivity contribution in [3.05, 3.63) is 78.9 Å². The first-order chi connectivity index (χ1) is 14.8. The number of hydrogen-bond acceptors (Lipinski definition) is 6. The molecule has 5 aromatic rings. The van der Waals surface area contributed by atoms with Crippen LogP contribution in [0.3, 0.4) is 0 Å². The van der Waals surface area contributed by atoms with Crippen LogP contribution in [0.5, 0.6) is 11.5 Å². The van der Waals surface area contributed by atoms with Gasteiger partial charge in [0.05, 0.1) is 16.0 Å². The standard InChI is InChI=1S/C22H16N4O2S2/c27-20(23-15-10-12-17(13-11-15)28-16-6-2-1-3-7-16)14-29-21-24-25-22-26(21)18-8-4-5-9-19(18)30-22/h1-13H,14H2,(H,23,27). The number of amides is 1. The van der Waals surface area contributed by atoms with E-state index in [1.807, 2.05) is 77.2 Å². The van der Waals surface area contributed by atoms with Gasteiger partial charge in [-0.05, 0) is 48.5 Å². The largest absolute Gasteiger partial charge is 0.457 e. The van der Waals surface area contributed by atoms with Crippen LogP contribution >= 0.6 is 23.1 Å². The lowest BCUT2D eigenvalue weighted by atomic mass is 10.3. The lowest BCUT2D eigenvalue weighted by molar-refractivity contribution is -0.113. The van der Waals surface area contributed by atoms with Crippen molar-refractivity contribution < 1.29 is 9.53 Å². The first-order valence-electron chi connectivity index (χ1n) is 9.24.